The Hall–Kier alpha value is -3.40. The monoisotopic (exact) mass is 499 g/mol. The lowest BCUT2D eigenvalue weighted by Crippen LogP contribution is -2.13. The lowest BCUT2D eigenvalue weighted by molar-refractivity contribution is 0.373. The first-order chi connectivity index (χ1) is 15.9. The molecule has 3 aromatic carbocycles. The number of sulfonamides is 1. The molecule has 7 nitrogen and oxygen atoms in total. The molecule has 1 heterocycles. The summed E-state index contributed by atoms with van der Waals surface area (Å²) in [7, 11) is -2.33. The number of phenols is 1. The van der Waals surface area contributed by atoms with Crippen molar-refractivity contribution in [1.29, 1.82) is 0 Å². The molecule has 1 aromatic heterocycles. The molecule has 0 radical (unpaired) electrons. The summed E-state index contributed by atoms with van der Waals surface area (Å²) in [5.41, 5.74) is 2.28. The third kappa shape index (κ3) is 5.33. The van der Waals surface area contributed by atoms with Gasteiger partial charge in [-0.2, -0.15) is 0 Å². The maximum absolute atomic E-state index is 12.8. The number of para-hydroxylation sites is 1. The molecule has 2 N–H and O–H groups in total. The number of nitrogens with zero attached hydrogens (tertiary/aromatic N) is 2. The predicted molar refractivity (Wildman–Crippen MR) is 132 cm³/mol. The Morgan fingerprint density at radius 3 is 2.61 bits per heavy atom. The minimum atomic E-state index is -3.81. The van der Waals surface area contributed by atoms with Crippen LogP contribution in [0.15, 0.2) is 82.0 Å². The van der Waals surface area contributed by atoms with Crippen LogP contribution >= 0.6 is 22.9 Å². The van der Waals surface area contributed by atoms with E-state index in [9.17, 15) is 13.5 Å². The van der Waals surface area contributed by atoms with Crippen LogP contribution in [0.5, 0.6) is 11.5 Å². The third-order valence-corrected chi connectivity index (χ3v) is 6.97. The number of hydrogen-bond donors (Lipinski definition) is 2. The van der Waals surface area contributed by atoms with Crippen molar-refractivity contribution in [3.63, 3.8) is 0 Å². The van der Waals surface area contributed by atoms with Crippen molar-refractivity contribution in [3.8, 4) is 22.8 Å². The summed E-state index contributed by atoms with van der Waals surface area (Å²) in [6.45, 7) is 0. The van der Waals surface area contributed by atoms with Gasteiger partial charge in [0.1, 0.15) is 0 Å². The van der Waals surface area contributed by atoms with Crippen molar-refractivity contribution < 1.29 is 18.3 Å². The van der Waals surface area contributed by atoms with Gasteiger partial charge in [0, 0.05) is 22.2 Å². The quantitative estimate of drug-likeness (QED) is 0.316. The van der Waals surface area contributed by atoms with Crippen LogP contribution < -0.4 is 9.46 Å². The van der Waals surface area contributed by atoms with Crippen molar-refractivity contribution in [2.75, 3.05) is 11.8 Å². The number of aromatic hydroxyl groups is 1. The zero-order chi connectivity index (χ0) is 23.4. The first-order valence-electron chi connectivity index (χ1n) is 9.60. The van der Waals surface area contributed by atoms with Crippen LogP contribution in [0.25, 0.3) is 11.3 Å². The number of phenolic OH excluding ortho intramolecular Hbond substituents is 1. The molecule has 4 aromatic rings. The highest BCUT2D eigenvalue weighted by atomic mass is 35.5. The molecular weight excluding hydrogens is 482 g/mol. The van der Waals surface area contributed by atoms with Crippen LogP contribution in [0.1, 0.15) is 5.56 Å². The van der Waals surface area contributed by atoms with E-state index >= 15 is 0 Å². The molecule has 0 aliphatic heterocycles. The molecule has 0 unspecified atom stereocenters. The second-order valence-electron chi connectivity index (χ2n) is 6.81. The van der Waals surface area contributed by atoms with E-state index in [1.807, 2.05) is 0 Å². The SMILES string of the molecule is COc1ccc(/C=N/c2nc(-c3ccccc3NS(=O)(=O)c3ccc(Cl)cc3)cs2)cc1O. The molecule has 10 heteroatoms. The molecule has 0 aliphatic carbocycles. The maximum Gasteiger partial charge on any atom is 0.261 e. The van der Waals surface area contributed by atoms with Gasteiger partial charge in [0.05, 0.1) is 23.4 Å². The van der Waals surface area contributed by atoms with Gasteiger partial charge in [0.15, 0.2) is 11.5 Å². The summed E-state index contributed by atoms with van der Waals surface area (Å²) in [6, 6.07) is 17.9. The molecule has 0 saturated heterocycles. The van der Waals surface area contributed by atoms with Gasteiger partial charge in [0.25, 0.3) is 10.0 Å². The Kier molecular flexibility index (Phi) is 6.64. The van der Waals surface area contributed by atoms with Crippen LogP contribution in [0, 0.1) is 0 Å². The highest BCUT2D eigenvalue weighted by Gasteiger charge is 2.17. The molecule has 0 fully saturated rings. The molecular formula is C23H18ClN3O4S2. The smallest absolute Gasteiger partial charge is 0.261 e. The van der Waals surface area contributed by atoms with E-state index < -0.39 is 10.0 Å². The minimum Gasteiger partial charge on any atom is -0.504 e. The Balaban J connectivity index is 1.58. The number of benzene rings is 3. The third-order valence-electron chi connectivity index (χ3n) is 4.59. The standard InChI is InChI=1S/C23H18ClN3O4S2/c1-31-22-11-6-15(12-21(22)28)13-25-23-26-20(14-32-23)18-4-2-3-5-19(18)27-33(29,30)17-9-7-16(24)8-10-17/h2-14,27-28H,1H3/b25-13+. The second kappa shape index (κ2) is 9.62. The van der Waals surface area contributed by atoms with E-state index in [1.54, 1.807) is 48.0 Å². The molecule has 0 saturated carbocycles. The van der Waals surface area contributed by atoms with E-state index in [0.717, 1.165) is 0 Å². The first-order valence-corrected chi connectivity index (χ1v) is 12.3. The zero-order valence-electron chi connectivity index (χ0n) is 17.3. The first kappa shape index (κ1) is 22.8. The fraction of sp³-hybridized carbons (Fsp3) is 0.0435. The van der Waals surface area contributed by atoms with Gasteiger partial charge in [0.2, 0.25) is 5.13 Å². The molecule has 0 spiro atoms. The molecule has 168 valence electrons. The number of nitrogens with one attached hydrogen (secondary N) is 1. The van der Waals surface area contributed by atoms with Gasteiger partial charge >= 0.3 is 0 Å². The summed E-state index contributed by atoms with van der Waals surface area (Å²) < 4.78 is 33.3. The van der Waals surface area contributed by atoms with Crippen LogP contribution in [-0.2, 0) is 10.0 Å². The summed E-state index contributed by atoms with van der Waals surface area (Å²) in [5.74, 6) is 0.393. The van der Waals surface area contributed by atoms with Gasteiger partial charge in [-0.1, -0.05) is 29.8 Å². The lowest BCUT2D eigenvalue weighted by Gasteiger charge is -2.11. The van der Waals surface area contributed by atoms with E-state index in [1.165, 1.54) is 48.8 Å². The zero-order valence-corrected chi connectivity index (χ0v) is 19.7. The van der Waals surface area contributed by atoms with Crippen molar-refractivity contribution >= 4 is 50.0 Å². The van der Waals surface area contributed by atoms with Crippen LogP contribution in [0.4, 0.5) is 10.8 Å². The number of halogens is 1. The Morgan fingerprint density at radius 1 is 1.12 bits per heavy atom. The summed E-state index contributed by atoms with van der Waals surface area (Å²) in [4.78, 5) is 8.97. The van der Waals surface area contributed by atoms with E-state index in [0.29, 0.717) is 38.4 Å². The van der Waals surface area contributed by atoms with Crippen LogP contribution in [0.2, 0.25) is 5.02 Å². The summed E-state index contributed by atoms with van der Waals surface area (Å²) >= 11 is 7.18. The number of rotatable bonds is 7. The predicted octanol–water partition coefficient (Wildman–Crippen LogP) is 5.73. The normalized spacial score (nSPS) is 11.6. The van der Waals surface area contributed by atoms with Crippen molar-refractivity contribution in [2.45, 2.75) is 4.90 Å². The molecule has 4 rings (SSSR count). The summed E-state index contributed by atoms with van der Waals surface area (Å²) in [6.07, 6.45) is 1.58. The lowest BCUT2D eigenvalue weighted by atomic mass is 10.1. The van der Waals surface area contributed by atoms with Crippen molar-refractivity contribution in [3.05, 3.63) is 82.7 Å². The highest BCUT2D eigenvalue weighted by Crippen LogP contribution is 2.33. The van der Waals surface area contributed by atoms with Crippen LogP contribution in [-0.4, -0.2) is 31.8 Å². The van der Waals surface area contributed by atoms with Gasteiger partial charge in [-0.05, 0) is 54.1 Å². The molecule has 0 amide bonds. The number of anilines is 1. The van der Waals surface area contributed by atoms with Gasteiger partial charge in [-0.3, -0.25) is 4.72 Å². The number of ether oxygens (including phenoxy) is 1. The average Bonchev–Trinajstić information content (AvgIpc) is 3.27. The molecule has 0 atom stereocenters. The Labute approximate surface area is 200 Å². The number of aliphatic imine (C=N–C) groups is 1. The van der Waals surface area contributed by atoms with Crippen molar-refractivity contribution in [1.82, 2.24) is 4.98 Å². The number of aromatic nitrogens is 1. The second-order valence-corrected chi connectivity index (χ2v) is 9.77. The molecule has 0 aliphatic rings. The summed E-state index contributed by atoms with van der Waals surface area (Å²) in [5, 5.41) is 12.6. The van der Waals surface area contributed by atoms with Crippen LogP contribution in [0.3, 0.4) is 0 Å². The Bertz CT molecular complexity index is 1420. The fourth-order valence-corrected chi connectivity index (χ4v) is 4.84. The minimum absolute atomic E-state index is 0.0168. The number of methoxy groups -OCH3 is 1. The van der Waals surface area contributed by atoms with Gasteiger partial charge in [-0.15, -0.1) is 11.3 Å². The maximum atomic E-state index is 12.8. The fourth-order valence-electron chi connectivity index (χ4n) is 2.98. The van der Waals surface area contributed by atoms with Gasteiger partial charge in [-0.25, -0.2) is 18.4 Å². The van der Waals surface area contributed by atoms with E-state index in [-0.39, 0.29) is 10.6 Å². The Morgan fingerprint density at radius 2 is 1.88 bits per heavy atom. The molecule has 33 heavy (non-hydrogen) atoms. The van der Waals surface area contributed by atoms with Crippen molar-refractivity contribution in [2.24, 2.45) is 4.99 Å². The topological polar surface area (TPSA) is 101 Å². The van der Waals surface area contributed by atoms with Gasteiger partial charge < -0.3 is 9.84 Å². The largest absolute Gasteiger partial charge is 0.504 e. The number of hydrogen-bond acceptors (Lipinski definition) is 7. The highest BCUT2D eigenvalue weighted by molar-refractivity contribution is 7.92. The molecule has 0 bridgehead atoms. The van der Waals surface area contributed by atoms with E-state index in [4.69, 9.17) is 16.3 Å². The van der Waals surface area contributed by atoms with E-state index in [2.05, 4.69) is 14.7 Å². The number of thiazole rings is 1. The average molecular weight is 500 g/mol.